The van der Waals surface area contributed by atoms with Gasteiger partial charge in [0.1, 0.15) is 12.6 Å². The molecule has 0 saturated heterocycles. The quantitative estimate of drug-likeness (QED) is 0.598. The summed E-state index contributed by atoms with van der Waals surface area (Å²) in [6.45, 7) is 7.32. The lowest BCUT2D eigenvalue weighted by Gasteiger charge is -2.31. The Morgan fingerprint density at radius 1 is 1.12 bits per heavy atom. The molecule has 0 aromatic heterocycles. The predicted molar refractivity (Wildman–Crippen MR) is 128 cm³/mol. The van der Waals surface area contributed by atoms with Crippen LogP contribution in [-0.2, 0) is 26.2 Å². The van der Waals surface area contributed by atoms with Crippen molar-refractivity contribution < 1.29 is 18.0 Å². The van der Waals surface area contributed by atoms with E-state index < -0.39 is 28.5 Å². The molecule has 2 amide bonds. The molecule has 7 nitrogen and oxygen atoms in total. The van der Waals surface area contributed by atoms with Gasteiger partial charge in [0.2, 0.25) is 21.8 Å². The molecule has 0 bridgehead atoms. The van der Waals surface area contributed by atoms with Gasteiger partial charge in [-0.1, -0.05) is 47.5 Å². The summed E-state index contributed by atoms with van der Waals surface area (Å²) in [4.78, 5) is 27.3. The number of nitrogens with zero attached hydrogens (tertiary/aromatic N) is 2. The first kappa shape index (κ1) is 25.7. The Hall–Kier alpha value is -2.58. The Bertz CT molecular complexity index is 1090. The molecule has 0 aliphatic heterocycles. The average molecular weight is 480 g/mol. The Balaban J connectivity index is 2.40. The van der Waals surface area contributed by atoms with E-state index in [-0.39, 0.29) is 18.1 Å². The number of sulfonamides is 1. The third kappa shape index (κ3) is 6.71. The van der Waals surface area contributed by atoms with Crippen LogP contribution in [0.25, 0.3) is 0 Å². The molecule has 174 valence electrons. The zero-order valence-electron chi connectivity index (χ0n) is 19.1. The van der Waals surface area contributed by atoms with Crippen molar-refractivity contribution in [3.63, 3.8) is 0 Å². The van der Waals surface area contributed by atoms with Crippen molar-refractivity contribution in [3.8, 4) is 0 Å². The summed E-state index contributed by atoms with van der Waals surface area (Å²) < 4.78 is 26.1. The molecule has 0 aliphatic rings. The fourth-order valence-electron chi connectivity index (χ4n) is 3.26. The Kier molecular flexibility index (Phi) is 8.69. The van der Waals surface area contributed by atoms with Crippen LogP contribution >= 0.6 is 11.6 Å². The van der Waals surface area contributed by atoms with Crippen molar-refractivity contribution in [2.45, 2.75) is 40.3 Å². The summed E-state index contributed by atoms with van der Waals surface area (Å²) in [5.74, 6) is -0.801. The second-order valence-electron chi connectivity index (χ2n) is 7.78. The molecule has 0 fully saturated rings. The number of nitrogens with one attached hydrogen (secondary N) is 1. The molecule has 0 radical (unpaired) electrons. The highest BCUT2D eigenvalue weighted by Gasteiger charge is 2.30. The Morgan fingerprint density at radius 2 is 1.81 bits per heavy atom. The van der Waals surface area contributed by atoms with Crippen LogP contribution in [-0.4, -0.2) is 50.5 Å². The van der Waals surface area contributed by atoms with E-state index in [1.165, 1.54) is 11.0 Å². The molecule has 1 atom stereocenters. The number of benzene rings is 2. The fourth-order valence-corrected chi connectivity index (χ4v) is 4.28. The summed E-state index contributed by atoms with van der Waals surface area (Å²) >= 11 is 6.19. The highest BCUT2D eigenvalue weighted by Crippen LogP contribution is 2.25. The number of halogens is 1. The molecule has 9 heteroatoms. The van der Waals surface area contributed by atoms with E-state index in [4.69, 9.17) is 11.6 Å². The van der Waals surface area contributed by atoms with Gasteiger partial charge in [0.15, 0.2) is 0 Å². The van der Waals surface area contributed by atoms with Crippen molar-refractivity contribution in [1.82, 2.24) is 10.2 Å². The zero-order valence-corrected chi connectivity index (χ0v) is 20.6. The van der Waals surface area contributed by atoms with Gasteiger partial charge in [0.25, 0.3) is 0 Å². The minimum atomic E-state index is -3.79. The van der Waals surface area contributed by atoms with Gasteiger partial charge in [-0.05, 0) is 51.0 Å². The predicted octanol–water partition coefficient (Wildman–Crippen LogP) is 3.28. The lowest BCUT2D eigenvalue weighted by Crippen LogP contribution is -2.51. The van der Waals surface area contributed by atoms with Gasteiger partial charge >= 0.3 is 0 Å². The van der Waals surface area contributed by atoms with Crippen molar-refractivity contribution in [2.75, 3.05) is 23.7 Å². The number of rotatable bonds is 9. The molecule has 0 saturated carbocycles. The summed E-state index contributed by atoms with van der Waals surface area (Å²) in [6, 6.07) is 11.6. The van der Waals surface area contributed by atoms with Crippen molar-refractivity contribution in [2.24, 2.45) is 0 Å². The van der Waals surface area contributed by atoms with Crippen molar-refractivity contribution in [1.29, 1.82) is 0 Å². The molecule has 0 heterocycles. The van der Waals surface area contributed by atoms with Crippen LogP contribution in [0.4, 0.5) is 5.69 Å². The van der Waals surface area contributed by atoms with E-state index in [0.717, 1.165) is 27.3 Å². The topological polar surface area (TPSA) is 86.8 Å². The van der Waals surface area contributed by atoms with Gasteiger partial charge in [0.05, 0.1) is 11.9 Å². The van der Waals surface area contributed by atoms with E-state index in [1.54, 1.807) is 32.9 Å². The molecular formula is C23H30ClN3O4S. The normalized spacial score (nSPS) is 12.2. The zero-order chi connectivity index (χ0) is 24.1. The monoisotopic (exact) mass is 479 g/mol. The number of hydrogen-bond acceptors (Lipinski definition) is 4. The second kappa shape index (κ2) is 10.8. The minimum Gasteiger partial charge on any atom is -0.355 e. The van der Waals surface area contributed by atoms with Crippen LogP contribution < -0.4 is 9.62 Å². The van der Waals surface area contributed by atoms with Gasteiger partial charge in [-0.2, -0.15) is 0 Å². The van der Waals surface area contributed by atoms with Crippen molar-refractivity contribution >= 4 is 39.1 Å². The molecule has 0 spiro atoms. The summed E-state index contributed by atoms with van der Waals surface area (Å²) in [5.41, 5.74) is 2.95. The lowest BCUT2D eigenvalue weighted by molar-refractivity contribution is -0.139. The molecular weight excluding hydrogens is 450 g/mol. The van der Waals surface area contributed by atoms with Gasteiger partial charge < -0.3 is 10.2 Å². The Morgan fingerprint density at radius 3 is 2.38 bits per heavy atom. The maximum absolute atomic E-state index is 13.4. The van der Waals surface area contributed by atoms with Crippen LogP contribution in [0, 0.1) is 13.8 Å². The maximum atomic E-state index is 13.4. The molecule has 2 aromatic carbocycles. The van der Waals surface area contributed by atoms with Crippen LogP contribution in [0.1, 0.15) is 30.5 Å². The SMILES string of the molecule is CCNC(=O)C(C)N(Cc1cccc(C)c1)C(=O)CN(c1ccc(C)c(Cl)c1)S(C)(=O)=O. The number of aryl methyl sites for hydroxylation is 2. The average Bonchev–Trinajstić information content (AvgIpc) is 2.71. The standard InChI is InChI=1S/C23H30ClN3O4S/c1-6-25-23(29)18(4)26(14-19-9-7-8-16(2)12-19)22(28)15-27(32(5,30)31)20-11-10-17(3)21(24)13-20/h7-13,18H,6,14-15H2,1-5H3,(H,25,29). The number of hydrogen-bond donors (Lipinski definition) is 1. The first-order valence-electron chi connectivity index (χ1n) is 10.3. The molecule has 0 aliphatic carbocycles. The third-order valence-corrected chi connectivity index (χ3v) is 6.62. The molecule has 1 N–H and O–H groups in total. The largest absolute Gasteiger partial charge is 0.355 e. The molecule has 1 unspecified atom stereocenters. The van der Waals surface area contributed by atoms with Crippen LogP contribution in [0.5, 0.6) is 0 Å². The number of amides is 2. The summed E-state index contributed by atoms with van der Waals surface area (Å²) in [6.07, 6.45) is 1.03. The van der Waals surface area contributed by atoms with Gasteiger partial charge in [-0.25, -0.2) is 8.42 Å². The molecule has 32 heavy (non-hydrogen) atoms. The van der Waals surface area contributed by atoms with E-state index >= 15 is 0 Å². The molecule has 2 aromatic rings. The van der Waals surface area contributed by atoms with Gasteiger partial charge in [-0.3, -0.25) is 13.9 Å². The number of carbonyl (C=O) groups is 2. The smallest absolute Gasteiger partial charge is 0.244 e. The number of likely N-dealkylation sites (N-methyl/N-ethyl adjacent to an activating group) is 1. The first-order valence-corrected chi connectivity index (χ1v) is 12.5. The second-order valence-corrected chi connectivity index (χ2v) is 10.1. The number of anilines is 1. The molecule has 2 rings (SSSR count). The van der Waals surface area contributed by atoms with Crippen molar-refractivity contribution in [3.05, 3.63) is 64.2 Å². The Labute approximate surface area is 195 Å². The van der Waals surface area contributed by atoms with E-state index in [2.05, 4.69) is 5.32 Å². The maximum Gasteiger partial charge on any atom is 0.244 e. The van der Waals surface area contributed by atoms with Gasteiger partial charge in [-0.15, -0.1) is 0 Å². The van der Waals surface area contributed by atoms with Crippen LogP contribution in [0.2, 0.25) is 5.02 Å². The number of carbonyl (C=O) groups excluding carboxylic acids is 2. The van der Waals surface area contributed by atoms with Crippen LogP contribution in [0.3, 0.4) is 0 Å². The van der Waals surface area contributed by atoms with E-state index in [9.17, 15) is 18.0 Å². The summed E-state index contributed by atoms with van der Waals surface area (Å²) in [5, 5.41) is 3.12. The highest BCUT2D eigenvalue weighted by molar-refractivity contribution is 7.92. The van der Waals surface area contributed by atoms with E-state index in [1.807, 2.05) is 31.2 Å². The lowest BCUT2D eigenvalue weighted by atomic mass is 10.1. The summed E-state index contributed by atoms with van der Waals surface area (Å²) in [7, 11) is -3.79. The fraction of sp³-hybridized carbons (Fsp3) is 0.391. The van der Waals surface area contributed by atoms with Gasteiger partial charge in [0, 0.05) is 18.1 Å². The van der Waals surface area contributed by atoms with Crippen LogP contribution in [0.15, 0.2) is 42.5 Å². The third-order valence-electron chi connectivity index (χ3n) is 5.08. The first-order chi connectivity index (χ1) is 14.9. The minimum absolute atomic E-state index is 0.172. The van der Waals surface area contributed by atoms with E-state index in [0.29, 0.717) is 11.6 Å². The highest BCUT2D eigenvalue weighted by atomic mass is 35.5.